The van der Waals surface area contributed by atoms with E-state index < -0.39 is 17.3 Å². The quantitative estimate of drug-likeness (QED) is 0.764. The molecule has 2 rings (SSSR count). The van der Waals surface area contributed by atoms with Crippen molar-refractivity contribution in [2.75, 3.05) is 0 Å². The Morgan fingerprint density at radius 3 is 1.92 bits per heavy atom. The van der Waals surface area contributed by atoms with Crippen molar-refractivity contribution in [1.29, 1.82) is 0 Å². The number of aryl methyl sites for hydroxylation is 3. The summed E-state index contributed by atoms with van der Waals surface area (Å²) < 4.78 is 0. The van der Waals surface area contributed by atoms with Gasteiger partial charge in [-0.15, -0.1) is 0 Å². The van der Waals surface area contributed by atoms with Gasteiger partial charge < -0.3 is 5.11 Å². The van der Waals surface area contributed by atoms with Crippen molar-refractivity contribution in [2.45, 2.75) is 66.7 Å². The molecule has 1 unspecified atom stereocenters. The average molecular weight is 330 g/mol. The van der Waals surface area contributed by atoms with Crippen molar-refractivity contribution in [1.82, 2.24) is 0 Å². The zero-order chi connectivity index (χ0) is 18.1. The normalized spacial score (nSPS) is 18.4. The molecule has 0 spiro atoms. The first-order valence-electron chi connectivity index (χ1n) is 9.06. The van der Waals surface area contributed by atoms with E-state index in [1.807, 2.05) is 46.8 Å². The molecule has 1 aromatic rings. The van der Waals surface area contributed by atoms with Gasteiger partial charge in [0.1, 0.15) is 0 Å². The molecule has 0 aliphatic heterocycles. The number of carbonyl (C=O) groups excluding carboxylic acids is 1. The Kier molecular flexibility index (Phi) is 5.52. The highest BCUT2D eigenvalue weighted by Gasteiger charge is 2.51. The smallest absolute Gasteiger partial charge is 0.307 e. The van der Waals surface area contributed by atoms with E-state index in [2.05, 4.69) is 0 Å². The Morgan fingerprint density at radius 1 is 1.00 bits per heavy atom. The predicted octanol–water partition coefficient (Wildman–Crippen LogP) is 5.10. The monoisotopic (exact) mass is 330 g/mol. The molecule has 1 aromatic carbocycles. The molecule has 1 aliphatic carbocycles. The molecule has 0 saturated heterocycles. The van der Waals surface area contributed by atoms with Crippen LogP contribution in [0.25, 0.3) is 0 Å². The summed E-state index contributed by atoms with van der Waals surface area (Å²) in [5.41, 5.74) is 3.06. The second-order valence-corrected chi connectivity index (χ2v) is 7.88. The number of carbonyl (C=O) groups is 2. The summed E-state index contributed by atoms with van der Waals surface area (Å²) in [5, 5.41) is 9.89. The van der Waals surface area contributed by atoms with Crippen LogP contribution < -0.4 is 0 Å². The number of Topliss-reactive ketones (excluding diaryl/α,β-unsaturated/α-hetero) is 1. The van der Waals surface area contributed by atoms with Crippen molar-refractivity contribution >= 4 is 11.8 Å². The molecule has 0 amide bonds. The Hall–Kier alpha value is -1.64. The molecule has 0 heterocycles. The fourth-order valence-corrected chi connectivity index (χ4v) is 4.81. The number of ketones is 1. The van der Waals surface area contributed by atoms with Gasteiger partial charge in [0.25, 0.3) is 0 Å². The summed E-state index contributed by atoms with van der Waals surface area (Å²) >= 11 is 0. The zero-order valence-corrected chi connectivity index (χ0v) is 15.6. The molecule has 0 aromatic heterocycles. The maximum absolute atomic E-state index is 13.7. The third-order valence-electron chi connectivity index (χ3n) is 5.63. The highest BCUT2D eigenvalue weighted by atomic mass is 16.4. The number of carboxylic acid groups (broad SMARTS) is 1. The first-order chi connectivity index (χ1) is 11.2. The van der Waals surface area contributed by atoms with E-state index in [0.29, 0.717) is 12.8 Å². The molecule has 0 bridgehead atoms. The molecule has 1 aliphatic rings. The molecule has 1 N–H and O–H groups in total. The minimum absolute atomic E-state index is 0.0540. The van der Waals surface area contributed by atoms with Crippen LogP contribution >= 0.6 is 0 Å². The molecule has 1 saturated carbocycles. The average Bonchev–Trinajstić information content (AvgIpc) is 2.46. The van der Waals surface area contributed by atoms with Gasteiger partial charge in [-0.2, -0.15) is 0 Å². The van der Waals surface area contributed by atoms with Crippen LogP contribution in [-0.2, 0) is 4.79 Å². The molecule has 1 fully saturated rings. The Labute approximate surface area is 145 Å². The van der Waals surface area contributed by atoms with E-state index in [1.54, 1.807) is 0 Å². The van der Waals surface area contributed by atoms with E-state index in [-0.39, 0.29) is 11.7 Å². The maximum atomic E-state index is 13.7. The Morgan fingerprint density at radius 2 is 1.50 bits per heavy atom. The van der Waals surface area contributed by atoms with Crippen LogP contribution in [0.1, 0.15) is 73.0 Å². The van der Waals surface area contributed by atoms with Crippen molar-refractivity contribution in [3.8, 4) is 0 Å². The van der Waals surface area contributed by atoms with Crippen LogP contribution in [0.3, 0.4) is 0 Å². The molecule has 0 radical (unpaired) electrons. The van der Waals surface area contributed by atoms with Crippen LogP contribution in [0.5, 0.6) is 0 Å². The third kappa shape index (κ3) is 3.26. The summed E-state index contributed by atoms with van der Waals surface area (Å²) in [6.07, 6.45) is 4.34. The van der Waals surface area contributed by atoms with Gasteiger partial charge >= 0.3 is 5.97 Å². The number of hydrogen-bond donors (Lipinski definition) is 1. The fraction of sp³-hybridized carbons (Fsp3) is 0.619. The SMILES string of the molecule is Cc1cc(C)c(C(=O)C2(C(C(=O)O)C(C)C)CCCCC2)c(C)c1. The van der Waals surface area contributed by atoms with Crippen LogP contribution in [0.4, 0.5) is 0 Å². The van der Waals surface area contributed by atoms with Gasteiger partial charge in [-0.05, 0) is 50.7 Å². The highest BCUT2D eigenvalue weighted by molar-refractivity contribution is 6.05. The summed E-state index contributed by atoms with van der Waals surface area (Å²) in [4.78, 5) is 25.7. The summed E-state index contributed by atoms with van der Waals surface area (Å²) in [7, 11) is 0. The maximum Gasteiger partial charge on any atom is 0.307 e. The molecule has 3 nitrogen and oxygen atoms in total. The van der Waals surface area contributed by atoms with Gasteiger partial charge in [0, 0.05) is 11.0 Å². The summed E-state index contributed by atoms with van der Waals surface area (Å²) in [5.74, 6) is -1.46. The van der Waals surface area contributed by atoms with E-state index in [1.165, 1.54) is 0 Å². The lowest BCUT2D eigenvalue weighted by atomic mass is 9.58. The standard InChI is InChI=1S/C21H30O3/c1-13(2)18(20(23)24)21(9-7-6-8-10-21)19(22)17-15(4)11-14(3)12-16(17)5/h11-13,18H,6-10H2,1-5H3,(H,23,24). The Bertz CT molecular complexity index is 613. The summed E-state index contributed by atoms with van der Waals surface area (Å²) in [6, 6.07) is 4.06. The van der Waals surface area contributed by atoms with E-state index in [9.17, 15) is 14.7 Å². The minimum Gasteiger partial charge on any atom is -0.481 e. The van der Waals surface area contributed by atoms with Crippen LogP contribution in [0.2, 0.25) is 0 Å². The van der Waals surface area contributed by atoms with Crippen LogP contribution in [0.15, 0.2) is 12.1 Å². The first kappa shape index (κ1) is 18.7. The van der Waals surface area contributed by atoms with Gasteiger partial charge in [0.05, 0.1) is 5.92 Å². The number of benzene rings is 1. The van der Waals surface area contributed by atoms with Gasteiger partial charge in [-0.3, -0.25) is 9.59 Å². The second-order valence-electron chi connectivity index (χ2n) is 7.88. The van der Waals surface area contributed by atoms with E-state index >= 15 is 0 Å². The molecule has 132 valence electrons. The predicted molar refractivity (Wildman–Crippen MR) is 96.5 cm³/mol. The van der Waals surface area contributed by atoms with Gasteiger partial charge in [-0.1, -0.05) is 50.8 Å². The van der Waals surface area contributed by atoms with E-state index in [4.69, 9.17) is 0 Å². The lowest BCUT2D eigenvalue weighted by Crippen LogP contribution is -2.47. The number of carboxylic acids is 1. The first-order valence-corrected chi connectivity index (χ1v) is 9.06. The van der Waals surface area contributed by atoms with Crippen molar-refractivity contribution < 1.29 is 14.7 Å². The van der Waals surface area contributed by atoms with Gasteiger partial charge in [0.2, 0.25) is 0 Å². The van der Waals surface area contributed by atoms with Crippen molar-refractivity contribution in [3.05, 3.63) is 34.4 Å². The topological polar surface area (TPSA) is 54.4 Å². The van der Waals surface area contributed by atoms with Gasteiger partial charge in [0.15, 0.2) is 5.78 Å². The number of aliphatic carboxylic acids is 1. The van der Waals surface area contributed by atoms with E-state index in [0.717, 1.165) is 41.5 Å². The largest absolute Gasteiger partial charge is 0.481 e. The fourth-order valence-electron chi connectivity index (χ4n) is 4.81. The van der Waals surface area contributed by atoms with Crippen LogP contribution in [-0.4, -0.2) is 16.9 Å². The lowest BCUT2D eigenvalue weighted by Gasteiger charge is -2.42. The molecular weight excluding hydrogens is 300 g/mol. The zero-order valence-electron chi connectivity index (χ0n) is 15.6. The molecule has 1 atom stereocenters. The molecule has 24 heavy (non-hydrogen) atoms. The van der Waals surface area contributed by atoms with Crippen molar-refractivity contribution in [3.63, 3.8) is 0 Å². The molecule has 3 heteroatoms. The van der Waals surface area contributed by atoms with Gasteiger partial charge in [-0.25, -0.2) is 0 Å². The third-order valence-corrected chi connectivity index (χ3v) is 5.63. The lowest BCUT2D eigenvalue weighted by molar-refractivity contribution is -0.148. The second kappa shape index (κ2) is 7.08. The minimum atomic E-state index is -0.831. The van der Waals surface area contributed by atoms with Crippen molar-refractivity contribution in [2.24, 2.45) is 17.3 Å². The highest BCUT2D eigenvalue weighted by Crippen LogP contribution is 2.48. The number of hydrogen-bond acceptors (Lipinski definition) is 2. The van der Waals surface area contributed by atoms with Crippen LogP contribution in [0, 0.1) is 38.0 Å². The molecular formula is C21H30O3. The summed E-state index contributed by atoms with van der Waals surface area (Å²) in [6.45, 7) is 9.82. The Balaban J connectivity index is 2.60. The number of rotatable bonds is 5.